The van der Waals surface area contributed by atoms with Crippen molar-refractivity contribution in [3.05, 3.63) is 33.2 Å². The molecule has 2 aromatic heterocycles. The van der Waals surface area contributed by atoms with Crippen LogP contribution in [0.2, 0.25) is 5.02 Å². The smallest absolute Gasteiger partial charge is 0.358 e. The summed E-state index contributed by atoms with van der Waals surface area (Å²) in [4.78, 5) is 9.88. The van der Waals surface area contributed by atoms with Gasteiger partial charge in [0.05, 0.1) is 17.5 Å². The van der Waals surface area contributed by atoms with Gasteiger partial charge in [0, 0.05) is 7.05 Å². The van der Waals surface area contributed by atoms with Crippen LogP contribution in [-0.2, 0) is 13.6 Å². The lowest BCUT2D eigenvalue weighted by Crippen LogP contribution is -2.01. The van der Waals surface area contributed by atoms with Crippen molar-refractivity contribution in [1.29, 1.82) is 0 Å². The minimum absolute atomic E-state index is 0.00823. The molecule has 0 radical (unpaired) electrons. The highest BCUT2D eigenvalue weighted by Crippen LogP contribution is 2.21. The Balaban J connectivity index is 2.22. The summed E-state index contributed by atoms with van der Waals surface area (Å²) >= 11 is 5.65. The molecule has 0 aromatic carbocycles. The van der Waals surface area contributed by atoms with Crippen LogP contribution in [0.5, 0.6) is 0 Å². The first-order valence-electron chi connectivity index (χ1n) is 4.29. The van der Waals surface area contributed by atoms with Crippen LogP contribution in [0.15, 0.2) is 12.4 Å². The number of nitro groups is 1. The van der Waals surface area contributed by atoms with E-state index in [-0.39, 0.29) is 10.8 Å². The van der Waals surface area contributed by atoms with Crippen molar-refractivity contribution < 1.29 is 4.92 Å². The van der Waals surface area contributed by atoms with Crippen LogP contribution >= 0.6 is 11.6 Å². The molecule has 84 valence electrons. The zero-order chi connectivity index (χ0) is 11.7. The minimum atomic E-state index is -0.629. The standard InChI is InChI=1S/C7H7ClN6O2/c1-12-2-5(9-11-12)3-13-4-6(8)7(10-13)14(15)16/h2,4H,3H2,1H3. The fraction of sp³-hybridized carbons (Fsp3) is 0.286. The van der Waals surface area contributed by atoms with Gasteiger partial charge in [0.25, 0.3) is 0 Å². The van der Waals surface area contributed by atoms with Crippen molar-refractivity contribution in [3.8, 4) is 0 Å². The molecule has 0 aliphatic rings. The van der Waals surface area contributed by atoms with Crippen molar-refractivity contribution in [2.24, 2.45) is 7.05 Å². The Hall–Kier alpha value is -1.96. The van der Waals surface area contributed by atoms with E-state index in [9.17, 15) is 10.1 Å². The molecule has 0 N–H and O–H groups in total. The molecule has 0 unspecified atom stereocenters. The summed E-state index contributed by atoms with van der Waals surface area (Å²) in [5.74, 6) is -0.356. The zero-order valence-electron chi connectivity index (χ0n) is 8.24. The summed E-state index contributed by atoms with van der Waals surface area (Å²) < 4.78 is 2.89. The van der Waals surface area contributed by atoms with E-state index in [1.807, 2.05) is 0 Å². The molecule has 0 bridgehead atoms. The van der Waals surface area contributed by atoms with Gasteiger partial charge in [-0.25, -0.2) is 0 Å². The Morgan fingerprint density at radius 1 is 1.56 bits per heavy atom. The van der Waals surface area contributed by atoms with E-state index in [1.54, 1.807) is 13.2 Å². The van der Waals surface area contributed by atoms with E-state index in [2.05, 4.69) is 15.4 Å². The molecule has 0 spiro atoms. The predicted octanol–water partition coefficient (Wildman–Crippen LogP) is 0.621. The SMILES string of the molecule is Cn1cc(Cn2cc(Cl)c([N+](=O)[O-])n2)nn1. The summed E-state index contributed by atoms with van der Waals surface area (Å²) in [6.45, 7) is 0.293. The number of rotatable bonds is 3. The number of hydrogen-bond donors (Lipinski definition) is 0. The highest BCUT2D eigenvalue weighted by molar-refractivity contribution is 6.32. The number of aryl methyl sites for hydroxylation is 1. The van der Waals surface area contributed by atoms with Crippen molar-refractivity contribution in [2.45, 2.75) is 6.54 Å². The molecule has 0 saturated carbocycles. The van der Waals surface area contributed by atoms with E-state index in [0.29, 0.717) is 12.2 Å². The molecule has 0 fully saturated rings. The first-order chi connectivity index (χ1) is 7.56. The molecule has 16 heavy (non-hydrogen) atoms. The third kappa shape index (κ3) is 2.01. The maximum atomic E-state index is 10.5. The summed E-state index contributed by atoms with van der Waals surface area (Å²) in [6, 6.07) is 0. The van der Waals surface area contributed by atoms with Gasteiger partial charge in [-0.1, -0.05) is 16.8 Å². The Morgan fingerprint density at radius 3 is 2.81 bits per heavy atom. The summed E-state index contributed by atoms with van der Waals surface area (Å²) in [7, 11) is 1.73. The van der Waals surface area contributed by atoms with E-state index in [1.165, 1.54) is 15.6 Å². The second kappa shape index (κ2) is 3.89. The van der Waals surface area contributed by atoms with E-state index < -0.39 is 4.92 Å². The summed E-state index contributed by atoms with van der Waals surface area (Å²) in [5, 5.41) is 21.8. The lowest BCUT2D eigenvalue weighted by molar-refractivity contribution is -0.389. The lowest BCUT2D eigenvalue weighted by Gasteiger charge is -1.89. The zero-order valence-corrected chi connectivity index (χ0v) is 9.00. The van der Waals surface area contributed by atoms with Crippen molar-refractivity contribution in [3.63, 3.8) is 0 Å². The topological polar surface area (TPSA) is 91.7 Å². The second-order valence-corrected chi connectivity index (χ2v) is 3.55. The third-order valence-corrected chi connectivity index (χ3v) is 2.11. The average Bonchev–Trinajstić information content (AvgIpc) is 2.73. The molecular formula is C7H7ClN6O2. The average molecular weight is 243 g/mol. The van der Waals surface area contributed by atoms with Gasteiger partial charge >= 0.3 is 5.82 Å². The molecule has 0 amide bonds. The van der Waals surface area contributed by atoms with Crippen LogP contribution in [0.1, 0.15) is 5.69 Å². The van der Waals surface area contributed by atoms with Crippen LogP contribution in [0, 0.1) is 10.1 Å². The minimum Gasteiger partial charge on any atom is -0.358 e. The van der Waals surface area contributed by atoms with Crippen LogP contribution < -0.4 is 0 Å². The van der Waals surface area contributed by atoms with Gasteiger partial charge in [0.1, 0.15) is 12.2 Å². The quantitative estimate of drug-likeness (QED) is 0.581. The van der Waals surface area contributed by atoms with Gasteiger partial charge in [-0.15, -0.1) is 5.10 Å². The van der Waals surface area contributed by atoms with Crippen LogP contribution in [-0.4, -0.2) is 29.7 Å². The third-order valence-electron chi connectivity index (χ3n) is 1.85. The van der Waals surface area contributed by atoms with Gasteiger partial charge < -0.3 is 10.1 Å². The molecule has 9 heteroatoms. The molecule has 0 atom stereocenters. The Bertz CT molecular complexity index is 533. The maximum absolute atomic E-state index is 10.5. The molecular weight excluding hydrogens is 236 g/mol. The molecule has 0 aliphatic heterocycles. The van der Waals surface area contributed by atoms with Gasteiger partial charge in [0.2, 0.25) is 0 Å². The Labute approximate surface area is 94.6 Å². The largest absolute Gasteiger partial charge is 0.408 e. The van der Waals surface area contributed by atoms with Crippen LogP contribution in [0.3, 0.4) is 0 Å². The first kappa shape index (κ1) is 10.6. The van der Waals surface area contributed by atoms with Crippen LogP contribution in [0.25, 0.3) is 0 Å². The van der Waals surface area contributed by atoms with Crippen LogP contribution in [0.4, 0.5) is 5.82 Å². The number of nitrogens with zero attached hydrogens (tertiary/aromatic N) is 6. The van der Waals surface area contributed by atoms with Crippen molar-refractivity contribution >= 4 is 17.4 Å². The van der Waals surface area contributed by atoms with E-state index >= 15 is 0 Å². The van der Waals surface area contributed by atoms with E-state index in [0.717, 1.165) is 0 Å². The predicted molar refractivity (Wildman–Crippen MR) is 54.0 cm³/mol. The maximum Gasteiger partial charge on any atom is 0.408 e. The molecule has 2 heterocycles. The second-order valence-electron chi connectivity index (χ2n) is 3.14. The van der Waals surface area contributed by atoms with Gasteiger partial charge in [-0.05, 0) is 4.92 Å². The highest BCUT2D eigenvalue weighted by Gasteiger charge is 2.19. The number of hydrogen-bond acceptors (Lipinski definition) is 5. The monoisotopic (exact) mass is 242 g/mol. The summed E-state index contributed by atoms with van der Waals surface area (Å²) in [6.07, 6.45) is 3.08. The molecule has 8 nitrogen and oxygen atoms in total. The van der Waals surface area contributed by atoms with Gasteiger partial charge in [-0.3, -0.25) is 4.68 Å². The molecule has 0 aliphatic carbocycles. The normalized spacial score (nSPS) is 10.6. The first-order valence-corrected chi connectivity index (χ1v) is 4.66. The Kier molecular flexibility index (Phi) is 2.57. The number of aromatic nitrogens is 5. The van der Waals surface area contributed by atoms with Crippen molar-refractivity contribution in [2.75, 3.05) is 0 Å². The fourth-order valence-electron chi connectivity index (χ4n) is 1.23. The lowest BCUT2D eigenvalue weighted by atomic mass is 10.5. The van der Waals surface area contributed by atoms with Gasteiger partial charge in [-0.2, -0.15) is 4.68 Å². The van der Waals surface area contributed by atoms with Crippen molar-refractivity contribution in [1.82, 2.24) is 24.8 Å². The highest BCUT2D eigenvalue weighted by atomic mass is 35.5. The molecule has 2 rings (SSSR count). The summed E-state index contributed by atoms with van der Waals surface area (Å²) in [5.41, 5.74) is 0.650. The molecule has 0 saturated heterocycles. The van der Waals surface area contributed by atoms with E-state index in [4.69, 9.17) is 11.6 Å². The number of halogens is 1. The Morgan fingerprint density at radius 2 is 2.31 bits per heavy atom. The fourth-order valence-corrected chi connectivity index (χ4v) is 1.44. The van der Waals surface area contributed by atoms with Gasteiger partial charge in [0.15, 0.2) is 5.02 Å². The molecule has 2 aromatic rings.